The zero-order valence-corrected chi connectivity index (χ0v) is 24.7. The number of rotatable bonds is 11. The highest BCUT2D eigenvalue weighted by atomic mass is 16.7. The van der Waals surface area contributed by atoms with Crippen molar-refractivity contribution in [2.75, 3.05) is 25.5 Å². The normalized spacial score (nSPS) is 20.1. The molecule has 8 heteroatoms. The molecule has 0 spiro atoms. The van der Waals surface area contributed by atoms with Gasteiger partial charge in [-0.1, -0.05) is 79.7 Å². The number of pyridine rings is 1. The largest absolute Gasteiger partial charge is 0.392 e. The van der Waals surface area contributed by atoms with Gasteiger partial charge in [0.15, 0.2) is 6.29 Å². The molecule has 1 saturated heterocycles. The van der Waals surface area contributed by atoms with E-state index in [4.69, 9.17) is 9.47 Å². The van der Waals surface area contributed by atoms with Crippen LogP contribution in [-0.2, 0) is 29.0 Å². The molecule has 8 nitrogen and oxygen atoms in total. The van der Waals surface area contributed by atoms with Gasteiger partial charge in [-0.15, -0.1) is 0 Å². The van der Waals surface area contributed by atoms with Crippen LogP contribution in [0.5, 0.6) is 0 Å². The molecular formula is C35H40N4O4. The summed E-state index contributed by atoms with van der Waals surface area (Å²) in [6, 6.07) is 31.0. The van der Waals surface area contributed by atoms with E-state index in [1.54, 1.807) is 0 Å². The van der Waals surface area contributed by atoms with Gasteiger partial charge in [-0.25, -0.2) is 4.79 Å². The lowest BCUT2D eigenvalue weighted by Gasteiger charge is -2.42. The van der Waals surface area contributed by atoms with E-state index in [0.717, 1.165) is 47.5 Å². The Balaban J connectivity index is 1.29. The number of aliphatic hydroxyl groups excluding tert-OH is 1. The number of carbonyl (C=O) groups is 1. The van der Waals surface area contributed by atoms with E-state index in [1.807, 2.05) is 103 Å². The van der Waals surface area contributed by atoms with Crippen molar-refractivity contribution in [1.29, 1.82) is 0 Å². The molecule has 0 aliphatic carbocycles. The number of nitrogens with zero attached hydrogens (tertiary/aromatic N) is 2. The zero-order chi connectivity index (χ0) is 30.0. The molecule has 0 saturated carbocycles. The highest BCUT2D eigenvalue weighted by Crippen LogP contribution is 2.42. The maximum absolute atomic E-state index is 12.6. The number of ether oxygens (including phenoxy) is 2. The van der Waals surface area contributed by atoms with E-state index in [2.05, 4.69) is 34.5 Å². The van der Waals surface area contributed by atoms with Crippen LogP contribution in [0, 0.1) is 5.92 Å². The lowest BCUT2D eigenvalue weighted by Crippen LogP contribution is -2.44. The van der Waals surface area contributed by atoms with Crippen LogP contribution in [0.2, 0.25) is 0 Å². The molecule has 3 aromatic carbocycles. The van der Waals surface area contributed by atoms with Crippen LogP contribution in [-0.4, -0.2) is 47.3 Å². The van der Waals surface area contributed by atoms with Crippen LogP contribution in [0.25, 0.3) is 0 Å². The molecule has 1 aliphatic rings. The minimum Gasteiger partial charge on any atom is -0.392 e. The van der Waals surface area contributed by atoms with Gasteiger partial charge in [-0.3, -0.25) is 4.98 Å². The molecule has 1 aromatic heterocycles. The number of nitrogens with one attached hydrogen (secondary N) is 2. The standard InChI is InChI=1S/C35H40N4O4/c1-25-32(23-39(2)20-18-30-12-6-7-19-36-30)42-34(43-33(25)28-16-14-27(24-40)15-17-28)29-11-8-13-31(21-29)38-35(41)37-22-26-9-4-3-5-10-26/h3-17,19,21,25,32-34,40H,18,20,22-24H2,1-2H3,(H2,37,38,41)/t25-,32+,33+,34+/m0/s1. The number of aliphatic hydroxyl groups is 1. The van der Waals surface area contributed by atoms with Gasteiger partial charge >= 0.3 is 6.03 Å². The first-order valence-corrected chi connectivity index (χ1v) is 14.8. The van der Waals surface area contributed by atoms with Crippen LogP contribution >= 0.6 is 0 Å². The molecule has 43 heavy (non-hydrogen) atoms. The van der Waals surface area contributed by atoms with E-state index >= 15 is 0 Å². The maximum Gasteiger partial charge on any atom is 0.319 e. The molecule has 4 atom stereocenters. The molecule has 1 aliphatic heterocycles. The van der Waals surface area contributed by atoms with Crippen molar-refractivity contribution in [1.82, 2.24) is 15.2 Å². The predicted molar refractivity (Wildman–Crippen MR) is 167 cm³/mol. The van der Waals surface area contributed by atoms with Crippen molar-refractivity contribution < 1.29 is 19.4 Å². The number of amides is 2. The first-order chi connectivity index (χ1) is 21.0. The first kappa shape index (κ1) is 30.4. The minimum absolute atomic E-state index is 0.00446. The fourth-order valence-corrected chi connectivity index (χ4v) is 5.29. The average Bonchev–Trinajstić information content (AvgIpc) is 3.05. The fourth-order valence-electron chi connectivity index (χ4n) is 5.29. The Labute approximate surface area is 253 Å². The minimum atomic E-state index is -0.623. The summed E-state index contributed by atoms with van der Waals surface area (Å²) in [4.78, 5) is 19.4. The van der Waals surface area contributed by atoms with Crippen molar-refractivity contribution in [3.63, 3.8) is 0 Å². The molecule has 3 N–H and O–H groups in total. The number of hydrogen-bond donors (Lipinski definition) is 3. The number of hydrogen-bond acceptors (Lipinski definition) is 6. The summed E-state index contributed by atoms with van der Waals surface area (Å²) in [7, 11) is 2.10. The van der Waals surface area contributed by atoms with Crippen molar-refractivity contribution in [3.05, 3.63) is 131 Å². The van der Waals surface area contributed by atoms with E-state index in [-0.39, 0.29) is 30.8 Å². The Hall–Kier alpha value is -4.08. The van der Waals surface area contributed by atoms with Crippen molar-refractivity contribution in [2.45, 2.75) is 45.0 Å². The SMILES string of the molecule is C[C@H]1[C@@H](CN(C)CCc2ccccn2)O[C@@H](c2cccc(NC(=O)NCc3ccccc3)c2)O[C@H]1c1ccc(CO)cc1. The second-order valence-electron chi connectivity index (χ2n) is 11.1. The molecule has 2 amide bonds. The Morgan fingerprint density at radius 2 is 1.70 bits per heavy atom. The van der Waals surface area contributed by atoms with E-state index in [9.17, 15) is 9.90 Å². The average molecular weight is 581 g/mol. The quantitative estimate of drug-likeness (QED) is 0.206. The fraction of sp³-hybridized carbons (Fsp3) is 0.314. The number of anilines is 1. The topological polar surface area (TPSA) is 96.0 Å². The summed E-state index contributed by atoms with van der Waals surface area (Å²) >= 11 is 0. The van der Waals surface area contributed by atoms with Gasteiger partial charge in [-0.05, 0) is 48.0 Å². The smallest absolute Gasteiger partial charge is 0.319 e. The molecule has 0 bridgehead atoms. The molecule has 4 aromatic rings. The summed E-state index contributed by atoms with van der Waals surface area (Å²) in [6.07, 6.45) is 1.73. The lowest BCUT2D eigenvalue weighted by molar-refractivity contribution is -0.275. The van der Waals surface area contributed by atoms with Gasteiger partial charge in [0.25, 0.3) is 0 Å². The maximum atomic E-state index is 12.6. The van der Waals surface area contributed by atoms with E-state index in [1.165, 1.54) is 0 Å². The number of aromatic nitrogens is 1. The zero-order valence-electron chi connectivity index (χ0n) is 24.7. The van der Waals surface area contributed by atoms with Crippen LogP contribution < -0.4 is 10.6 Å². The summed E-state index contributed by atoms with van der Waals surface area (Å²) in [6.45, 7) is 4.16. The molecular weight excluding hydrogens is 540 g/mol. The molecule has 1 fully saturated rings. The number of benzene rings is 3. The monoisotopic (exact) mass is 580 g/mol. The van der Waals surface area contributed by atoms with Gasteiger partial charge < -0.3 is 30.1 Å². The predicted octanol–water partition coefficient (Wildman–Crippen LogP) is 5.86. The third kappa shape index (κ3) is 8.49. The Morgan fingerprint density at radius 3 is 2.44 bits per heavy atom. The van der Waals surface area contributed by atoms with Crippen LogP contribution in [0.15, 0.2) is 103 Å². The third-order valence-electron chi connectivity index (χ3n) is 7.80. The van der Waals surface area contributed by atoms with Gasteiger partial charge in [0.05, 0.1) is 18.8 Å². The van der Waals surface area contributed by atoms with Gasteiger partial charge in [0.1, 0.15) is 0 Å². The Bertz CT molecular complexity index is 1440. The summed E-state index contributed by atoms with van der Waals surface area (Å²) in [5.41, 5.74) is 5.46. The summed E-state index contributed by atoms with van der Waals surface area (Å²) < 4.78 is 13.2. The van der Waals surface area contributed by atoms with Gasteiger partial charge in [0.2, 0.25) is 0 Å². The van der Waals surface area contributed by atoms with Crippen LogP contribution in [0.1, 0.15) is 47.3 Å². The Morgan fingerprint density at radius 1 is 0.907 bits per heavy atom. The van der Waals surface area contributed by atoms with Crippen molar-refractivity contribution >= 4 is 11.7 Å². The van der Waals surface area contributed by atoms with Crippen molar-refractivity contribution in [2.24, 2.45) is 5.92 Å². The second-order valence-corrected chi connectivity index (χ2v) is 11.1. The van der Waals surface area contributed by atoms with Crippen LogP contribution in [0.3, 0.4) is 0 Å². The molecule has 2 heterocycles. The van der Waals surface area contributed by atoms with E-state index in [0.29, 0.717) is 12.2 Å². The lowest BCUT2D eigenvalue weighted by atomic mass is 9.90. The first-order valence-electron chi connectivity index (χ1n) is 14.8. The van der Waals surface area contributed by atoms with Gasteiger partial charge in [0, 0.05) is 55.1 Å². The summed E-state index contributed by atoms with van der Waals surface area (Å²) in [5.74, 6) is 0.0681. The number of urea groups is 1. The molecule has 5 rings (SSSR count). The molecule has 224 valence electrons. The molecule has 0 unspecified atom stereocenters. The van der Waals surface area contributed by atoms with Crippen molar-refractivity contribution in [3.8, 4) is 0 Å². The Kier molecular flexibility index (Phi) is 10.5. The highest BCUT2D eigenvalue weighted by molar-refractivity contribution is 5.89. The number of likely N-dealkylation sites (N-methyl/N-ethyl adjacent to an activating group) is 1. The van der Waals surface area contributed by atoms with Crippen LogP contribution in [0.4, 0.5) is 10.5 Å². The van der Waals surface area contributed by atoms with E-state index < -0.39 is 6.29 Å². The molecule has 0 radical (unpaired) electrons. The third-order valence-corrected chi connectivity index (χ3v) is 7.80. The highest BCUT2D eigenvalue weighted by Gasteiger charge is 2.38. The van der Waals surface area contributed by atoms with Gasteiger partial charge in [-0.2, -0.15) is 0 Å². The number of carbonyl (C=O) groups excluding carboxylic acids is 1. The summed E-state index contributed by atoms with van der Waals surface area (Å²) in [5, 5.41) is 15.4. The second kappa shape index (κ2) is 14.9.